The second kappa shape index (κ2) is 8.01. The topological polar surface area (TPSA) is 119 Å². The summed E-state index contributed by atoms with van der Waals surface area (Å²) in [6.45, 7) is 0.530. The fraction of sp³-hybridized carbons (Fsp3) is 0.217. The lowest BCUT2D eigenvalue weighted by Gasteiger charge is -2.40. The van der Waals surface area contributed by atoms with Crippen molar-refractivity contribution >= 4 is 38.3 Å². The van der Waals surface area contributed by atoms with Crippen LogP contribution in [0.1, 0.15) is 0 Å². The number of hydrogen-bond donors (Lipinski definition) is 4. The second-order valence-corrected chi connectivity index (χ2v) is 10.3. The molecule has 0 bridgehead atoms. The first-order valence-electron chi connectivity index (χ1n) is 10.3. The highest BCUT2D eigenvalue weighted by Crippen LogP contribution is 2.40. The summed E-state index contributed by atoms with van der Waals surface area (Å²) in [6, 6.07) is 16.8. The average Bonchev–Trinajstić information content (AvgIpc) is 3.20. The van der Waals surface area contributed by atoms with E-state index >= 15 is 0 Å². The molecule has 166 valence electrons. The lowest BCUT2D eigenvalue weighted by Crippen LogP contribution is -2.44. The molecule has 0 unspecified atom stereocenters. The summed E-state index contributed by atoms with van der Waals surface area (Å²) in [5, 5.41) is 1.81. The minimum absolute atomic E-state index is 0.119. The van der Waals surface area contributed by atoms with E-state index in [-0.39, 0.29) is 29.6 Å². The predicted molar refractivity (Wildman–Crippen MR) is 127 cm³/mol. The van der Waals surface area contributed by atoms with Gasteiger partial charge in [0.05, 0.1) is 22.8 Å². The highest BCUT2D eigenvalue weighted by atomic mass is 32.3. The summed E-state index contributed by atoms with van der Waals surface area (Å²) < 4.78 is 25.0. The molecule has 3 heterocycles. The Morgan fingerprint density at radius 1 is 0.969 bits per heavy atom. The second-order valence-electron chi connectivity index (χ2n) is 7.91. The Bertz CT molecular complexity index is 1370. The van der Waals surface area contributed by atoms with Crippen molar-refractivity contribution in [1.29, 1.82) is 0 Å². The first-order valence-corrected chi connectivity index (χ1v) is 12.2. The molecule has 1 fully saturated rings. The van der Waals surface area contributed by atoms with Gasteiger partial charge in [0.1, 0.15) is 5.75 Å². The van der Waals surface area contributed by atoms with E-state index in [2.05, 4.69) is 9.97 Å². The van der Waals surface area contributed by atoms with E-state index in [1.54, 1.807) is 11.0 Å². The quantitative estimate of drug-likeness (QED) is 0.376. The van der Waals surface area contributed by atoms with Gasteiger partial charge < -0.3 is 19.6 Å². The van der Waals surface area contributed by atoms with Crippen LogP contribution in [0.3, 0.4) is 0 Å². The first kappa shape index (κ1) is 20.6. The molecule has 1 aliphatic heterocycles. The molecule has 1 aliphatic rings. The minimum Gasteiger partial charge on any atom is -0.484 e. The van der Waals surface area contributed by atoms with Crippen molar-refractivity contribution < 1.29 is 18.6 Å². The Morgan fingerprint density at radius 2 is 1.72 bits per heavy atom. The third kappa shape index (κ3) is 4.10. The molecule has 0 atom stereocenters. The third-order valence-electron chi connectivity index (χ3n) is 5.73. The monoisotopic (exact) mass is 453 g/mol. The molecule has 8 nitrogen and oxygen atoms in total. The van der Waals surface area contributed by atoms with Gasteiger partial charge in [-0.1, -0.05) is 18.2 Å². The molecule has 4 N–H and O–H groups in total. The van der Waals surface area contributed by atoms with Crippen molar-refractivity contribution in [2.24, 2.45) is 0 Å². The molecule has 0 radical (unpaired) electrons. The van der Waals surface area contributed by atoms with Crippen LogP contribution in [-0.2, 0) is 4.79 Å². The standard InChI is InChI=1S/C23H23N3O5S/c27-22(26-7-9-32(29,30)10-8-26)14-31-17-5-6-20-16(11-17)13-21(24-20)18-12-15-3-1-2-4-19(15)25-23(18)28/h1-6,11-13,24,29-30H,7-10,14H2,(H,25,28). The number of amides is 1. The molecule has 1 saturated heterocycles. The largest absolute Gasteiger partial charge is 0.484 e. The Balaban J connectivity index is 1.33. The number of hydrogen-bond acceptors (Lipinski definition) is 5. The normalized spacial score (nSPS) is 16.9. The number of nitrogens with zero attached hydrogens (tertiary/aromatic N) is 1. The zero-order chi connectivity index (χ0) is 22.3. The zero-order valence-corrected chi connectivity index (χ0v) is 18.0. The number of aromatic nitrogens is 2. The van der Waals surface area contributed by atoms with Gasteiger partial charge in [-0.15, -0.1) is 0 Å². The molecule has 2 aromatic heterocycles. The minimum atomic E-state index is -2.54. The number of aromatic amines is 2. The fourth-order valence-corrected chi connectivity index (χ4v) is 5.14. The number of carbonyl (C=O) groups excluding carboxylic acids is 1. The molecule has 9 heteroatoms. The van der Waals surface area contributed by atoms with Gasteiger partial charge >= 0.3 is 0 Å². The van der Waals surface area contributed by atoms with Gasteiger partial charge in [-0.3, -0.25) is 18.7 Å². The number of ether oxygens (including phenoxy) is 1. The van der Waals surface area contributed by atoms with E-state index in [1.165, 1.54) is 0 Å². The molecule has 4 aromatic rings. The van der Waals surface area contributed by atoms with Gasteiger partial charge in [-0.25, -0.2) is 0 Å². The summed E-state index contributed by atoms with van der Waals surface area (Å²) in [7, 11) is -2.54. The number of carbonyl (C=O) groups is 1. The molecule has 1 amide bonds. The van der Waals surface area contributed by atoms with Crippen molar-refractivity contribution in [3.8, 4) is 17.0 Å². The Labute approximate surface area is 185 Å². The number of rotatable bonds is 4. The van der Waals surface area contributed by atoms with Crippen molar-refractivity contribution in [2.45, 2.75) is 0 Å². The molecule has 0 saturated carbocycles. The highest BCUT2D eigenvalue weighted by Gasteiger charge is 2.25. The maximum Gasteiger partial charge on any atom is 0.260 e. The van der Waals surface area contributed by atoms with Crippen LogP contribution < -0.4 is 10.3 Å². The van der Waals surface area contributed by atoms with Crippen LogP contribution in [0.15, 0.2) is 59.4 Å². The molecule has 2 aromatic carbocycles. The van der Waals surface area contributed by atoms with Crippen LogP contribution in [-0.4, -0.2) is 61.1 Å². The van der Waals surface area contributed by atoms with E-state index in [4.69, 9.17) is 4.74 Å². The lowest BCUT2D eigenvalue weighted by molar-refractivity contribution is -0.133. The number of pyridine rings is 1. The SMILES string of the molecule is O=C(COc1ccc2[nH]c(-c3cc4ccccc4[nH]c3=O)cc2c1)N1CCS(O)(O)CC1. The van der Waals surface area contributed by atoms with Gasteiger partial charge in [-0.05, 0) is 41.8 Å². The van der Waals surface area contributed by atoms with Crippen molar-refractivity contribution in [2.75, 3.05) is 31.2 Å². The van der Waals surface area contributed by atoms with E-state index in [1.807, 2.05) is 48.5 Å². The van der Waals surface area contributed by atoms with Gasteiger partial charge in [0.2, 0.25) is 0 Å². The summed E-state index contributed by atoms with van der Waals surface area (Å²) in [5.41, 5.74) is 2.72. The molecule has 32 heavy (non-hydrogen) atoms. The molecular formula is C23H23N3O5S. The van der Waals surface area contributed by atoms with Crippen LogP contribution in [0.4, 0.5) is 0 Å². The average molecular weight is 454 g/mol. The van der Waals surface area contributed by atoms with Crippen molar-refractivity contribution in [3.63, 3.8) is 0 Å². The van der Waals surface area contributed by atoms with Crippen LogP contribution in [0.25, 0.3) is 33.1 Å². The van der Waals surface area contributed by atoms with Gasteiger partial charge in [0.15, 0.2) is 6.61 Å². The van der Waals surface area contributed by atoms with Gasteiger partial charge in [0.25, 0.3) is 11.5 Å². The number of fused-ring (bicyclic) bond motifs is 2. The number of H-pyrrole nitrogens is 2. The van der Waals surface area contributed by atoms with E-state index in [9.17, 15) is 18.7 Å². The Morgan fingerprint density at radius 3 is 2.53 bits per heavy atom. The van der Waals surface area contributed by atoms with Crippen molar-refractivity contribution in [3.05, 3.63) is 65.0 Å². The summed E-state index contributed by atoms with van der Waals surface area (Å²) in [4.78, 5) is 32.7. The van der Waals surface area contributed by atoms with Crippen LogP contribution in [0, 0.1) is 0 Å². The predicted octanol–water partition coefficient (Wildman–Crippen LogP) is 3.65. The van der Waals surface area contributed by atoms with E-state index in [0.29, 0.717) is 30.1 Å². The lowest BCUT2D eigenvalue weighted by atomic mass is 10.1. The van der Waals surface area contributed by atoms with Crippen LogP contribution in [0.2, 0.25) is 0 Å². The number of benzene rings is 2. The number of nitrogens with one attached hydrogen (secondary N) is 2. The molecule has 0 aliphatic carbocycles. The molecular weight excluding hydrogens is 430 g/mol. The molecule has 5 rings (SSSR count). The maximum absolute atomic E-state index is 12.6. The smallest absolute Gasteiger partial charge is 0.260 e. The summed E-state index contributed by atoms with van der Waals surface area (Å²) >= 11 is 0. The Kier molecular flexibility index (Phi) is 5.16. The van der Waals surface area contributed by atoms with Gasteiger partial charge in [-0.2, -0.15) is 10.6 Å². The third-order valence-corrected chi connectivity index (χ3v) is 7.40. The van der Waals surface area contributed by atoms with E-state index < -0.39 is 10.6 Å². The molecule has 0 spiro atoms. The van der Waals surface area contributed by atoms with Crippen LogP contribution >= 0.6 is 10.6 Å². The summed E-state index contributed by atoms with van der Waals surface area (Å²) in [5.74, 6) is 0.790. The van der Waals surface area contributed by atoms with Crippen molar-refractivity contribution in [1.82, 2.24) is 14.9 Å². The van der Waals surface area contributed by atoms with Crippen LogP contribution in [0.5, 0.6) is 5.75 Å². The first-order chi connectivity index (χ1) is 15.4. The van der Waals surface area contributed by atoms with E-state index in [0.717, 1.165) is 21.8 Å². The maximum atomic E-state index is 12.6. The number of para-hydroxylation sites is 1. The highest BCUT2D eigenvalue weighted by molar-refractivity contribution is 8.24. The van der Waals surface area contributed by atoms with Gasteiger partial charge in [0, 0.05) is 29.5 Å². The Hall–Kier alpha value is -3.27. The fourth-order valence-electron chi connectivity index (χ4n) is 3.91. The summed E-state index contributed by atoms with van der Waals surface area (Å²) in [6.07, 6.45) is 0. The zero-order valence-electron chi connectivity index (χ0n) is 17.2.